The Hall–Kier alpha value is -2.78. The van der Waals surface area contributed by atoms with E-state index in [0.717, 1.165) is 34.7 Å². The highest BCUT2D eigenvalue weighted by atomic mass is 32.2. The Morgan fingerprint density at radius 1 is 1.11 bits per heavy atom. The largest absolute Gasteiger partial charge is 0.326 e. The molecule has 0 saturated carbocycles. The summed E-state index contributed by atoms with van der Waals surface area (Å²) in [6.07, 6.45) is 0.605. The third-order valence-electron chi connectivity index (χ3n) is 3.84. The van der Waals surface area contributed by atoms with Crippen LogP contribution in [0.1, 0.15) is 17.7 Å². The van der Waals surface area contributed by atoms with Gasteiger partial charge in [-0.25, -0.2) is 17.8 Å². The number of amides is 1. The lowest BCUT2D eigenvalue weighted by molar-refractivity contribution is -0.116. The average molecular weight is 420 g/mol. The van der Waals surface area contributed by atoms with Crippen molar-refractivity contribution < 1.29 is 17.6 Å². The minimum absolute atomic E-state index is 0.0527. The highest BCUT2D eigenvalue weighted by Gasteiger charge is 2.16. The molecule has 146 valence electrons. The maximum absolute atomic E-state index is 13.0. The van der Waals surface area contributed by atoms with Gasteiger partial charge in [0.25, 0.3) is 10.0 Å². The molecule has 0 fully saturated rings. The van der Waals surface area contributed by atoms with E-state index in [9.17, 15) is 17.6 Å². The van der Waals surface area contributed by atoms with E-state index in [4.69, 9.17) is 0 Å². The first kappa shape index (κ1) is 20.0. The second-order valence-corrected chi connectivity index (χ2v) is 8.66. The number of nitrogens with one attached hydrogen (secondary N) is 2. The van der Waals surface area contributed by atoms with Gasteiger partial charge >= 0.3 is 0 Å². The van der Waals surface area contributed by atoms with Gasteiger partial charge in [0.05, 0.1) is 10.6 Å². The summed E-state index contributed by atoms with van der Waals surface area (Å²) >= 11 is 1.12. The lowest BCUT2D eigenvalue weighted by atomic mass is 10.2. The number of nitrogens with zero attached hydrogens (tertiary/aromatic N) is 1. The summed E-state index contributed by atoms with van der Waals surface area (Å²) in [6, 6.07) is 12.0. The number of aryl methyl sites for hydroxylation is 2. The predicted octanol–water partition coefficient (Wildman–Crippen LogP) is 3.96. The maximum atomic E-state index is 13.0. The van der Waals surface area contributed by atoms with E-state index in [0.29, 0.717) is 12.1 Å². The molecule has 0 saturated heterocycles. The Balaban J connectivity index is 1.55. The molecule has 9 heteroatoms. The Morgan fingerprint density at radius 2 is 1.79 bits per heavy atom. The fourth-order valence-corrected chi connectivity index (χ4v) is 4.36. The van der Waals surface area contributed by atoms with E-state index < -0.39 is 15.8 Å². The summed E-state index contributed by atoms with van der Waals surface area (Å²) in [4.78, 5) is 16.2. The van der Waals surface area contributed by atoms with Crippen LogP contribution in [0.3, 0.4) is 0 Å². The van der Waals surface area contributed by atoms with Crippen molar-refractivity contribution in [2.75, 3.05) is 10.0 Å². The van der Waals surface area contributed by atoms with Gasteiger partial charge in [-0.1, -0.05) is 17.7 Å². The molecule has 2 N–H and O–H groups in total. The second-order valence-electron chi connectivity index (χ2n) is 6.12. The average Bonchev–Trinajstić information content (AvgIpc) is 3.09. The first-order valence-corrected chi connectivity index (χ1v) is 10.8. The monoisotopic (exact) mass is 419 g/mol. The van der Waals surface area contributed by atoms with Crippen molar-refractivity contribution in [1.29, 1.82) is 0 Å². The zero-order chi connectivity index (χ0) is 20.1. The van der Waals surface area contributed by atoms with Crippen molar-refractivity contribution >= 4 is 38.1 Å². The van der Waals surface area contributed by atoms with E-state index >= 15 is 0 Å². The first-order chi connectivity index (χ1) is 13.3. The summed E-state index contributed by atoms with van der Waals surface area (Å²) in [7, 11) is -3.84. The van der Waals surface area contributed by atoms with Crippen LogP contribution < -0.4 is 10.0 Å². The molecule has 6 nitrogen and oxygen atoms in total. The van der Waals surface area contributed by atoms with Gasteiger partial charge in [-0.05, 0) is 49.7 Å². The number of hydrogen-bond donors (Lipinski definition) is 2. The molecule has 0 spiro atoms. The van der Waals surface area contributed by atoms with E-state index in [1.165, 1.54) is 12.1 Å². The number of hydrogen-bond acceptors (Lipinski definition) is 5. The van der Waals surface area contributed by atoms with Crippen molar-refractivity contribution in [3.63, 3.8) is 0 Å². The molecule has 1 aromatic heterocycles. The van der Waals surface area contributed by atoms with Crippen LogP contribution in [0.15, 0.2) is 58.8 Å². The predicted molar refractivity (Wildman–Crippen MR) is 107 cm³/mol. The Labute approximate surface area is 166 Å². The number of halogens is 1. The van der Waals surface area contributed by atoms with Crippen LogP contribution in [0.4, 0.5) is 15.2 Å². The highest BCUT2D eigenvalue weighted by Crippen LogP contribution is 2.21. The zero-order valence-electron chi connectivity index (χ0n) is 15.0. The minimum Gasteiger partial charge on any atom is -0.326 e. The number of aromatic nitrogens is 1. The fourth-order valence-electron chi connectivity index (χ4n) is 2.36. The third-order valence-corrected chi connectivity index (χ3v) is 6.13. The van der Waals surface area contributed by atoms with Crippen LogP contribution in [0, 0.1) is 12.7 Å². The smallest absolute Gasteiger partial charge is 0.263 e. The van der Waals surface area contributed by atoms with Crippen molar-refractivity contribution in [3.8, 4) is 0 Å². The number of carbonyl (C=O) groups is 1. The van der Waals surface area contributed by atoms with Gasteiger partial charge < -0.3 is 5.32 Å². The highest BCUT2D eigenvalue weighted by molar-refractivity contribution is 7.93. The number of sulfonamides is 1. The van der Waals surface area contributed by atoms with Crippen LogP contribution in [-0.2, 0) is 21.2 Å². The Kier molecular flexibility index (Phi) is 6.05. The van der Waals surface area contributed by atoms with Crippen LogP contribution in [0.25, 0.3) is 0 Å². The summed E-state index contributed by atoms with van der Waals surface area (Å²) in [6.45, 7) is 1.97. The van der Waals surface area contributed by atoms with Gasteiger partial charge in [-0.2, -0.15) is 0 Å². The molecule has 28 heavy (non-hydrogen) atoms. The molecule has 0 aliphatic rings. The van der Waals surface area contributed by atoms with Crippen LogP contribution in [-0.4, -0.2) is 19.3 Å². The maximum Gasteiger partial charge on any atom is 0.263 e. The zero-order valence-corrected chi connectivity index (χ0v) is 16.6. The molecule has 0 bridgehead atoms. The second kappa shape index (κ2) is 8.49. The third kappa shape index (κ3) is 5.37. The molecule has 0 aliphatic heterocycles. The van der Waals surface area contributed by atoms with Crippen molar-refractivity contribution in [2.45, 2.75) is 24.7 Å². The van der Waals surface area contributed by atoms with Gasteiger partial charge in [0.2, 0.25) is 5.91 Å². The molecule has 3 aromatic rings. The Morgan fingerprint density at radius 3 is 2.46 bits per heavy atom. The van der Waals surface area contributed by atoms with Gasteiger partial charge in [-0.3, -0.25) is 9.52 Å². The molecule has 2 aromatic carbocycles. The normalized spacial score (nSPS) is 11.2. The van der Waals surface area contributed by atoms with Crippen molar-refractivity contribution in [2.24, 2.45) is 0 Å². The molecular formula is C19H18FN3O3S2. The topological polar surface area (TPSA) is 88.2 Å². The van der Waals surface area contributed by atoms with Crippen LogP contribution in [0.2, 0.25) is 0 Å². The summed E-state index contributed by atoms with van der Waals surface area (Å²) in [5, 5.41) is 4.69. The standard InChI is InChI=1S/C19H18FN3O3S2/c1-13-2-6-15(7-3-13)21-18(24)11-8-16-12-27-19(22-16)23-28(25,26)17-9-4-14(20)5-10-17/h2-7,9-10,12H,8,11H2,1H3,(H,21,24)(H,22,23). The van der Waals surface area contributed by atoms with Crippen LogP contribution in [0.5, 0.6) is 0 Å². The molecule has 0 aliphatic carbocycles. The number of rotatable bonds is 7. The molecule has 0 atom stereocenters. The van der Waals surface area contributed by atoms with Gasteiger partial charge in [0.1, 0.15) is 5.82 Å². The van der Waals surface area contributed by atoms with Gasteiger partial charge in [0, 0.05) is 17.5 Å². The molecule has 1 heterocycles. The summed E-state index contributed by atoms with van der Waals surface area (Å²) < 4.78 is 39.9. The molecule has 0 unspecified atom stereocenters. The van der Waals surface area contributed by atoms with Gasteiger partial charge in [-0.15, -0.1) is 11.3 Å². The summed E-state index contributed by atoms with van der Waals surface area (Å²) in [5.41, 5.74) is 2.44. The number of benzene rings is 2. The van der Waals surface area contributed by atoms with E-state index in [1.54, 1.807) is 5.38 Å². The number of thiazole rings is 1. The number of carbonyl (C=O) groups excluding carboxylic acids is 1. The van der Waals surface area contributed by atoms with E-state index in [-0.39, 0.29) is 22.4 Å². The molecular weight excluding hydrogens is 401 g/mol. The number of anilines is 2. The minimum atomic E-state index is -3.84. The SMILES string of the molecule is Cc1ccc(NC(=O)CCc2csc(NS(=O)(=O)c3ccc(F)cc3)n2)cc1. The first-order valence-electron chi connectivity index (χ1n) is 8.41. The van der Waals surface area contributed by atoms with Crippen molar-refractivity contribution in [1.82, 2.24) is 4.98 Å². The quantitative estimate of drug-likeness (QED) is 0.607. The van der Waals surface area contributed by atoms with Gasteiger partial charge in [0.15, 0.2) is 5.13 Å². The van der Waals surface area contributed by atoms with E-state index in [2.05, 4.69) is 15.0 Å². The fraction of sp³-hybridized carbons (Fsp3) is 0.158. The van der Waals surface area contributed by atoms with Crippen LogP contribution >= 0.6 is 11.3 Å². The lowest BCUT2D eigenvalue weighted by Crippen LogP contribution is -2.13. The lowest BCUT2D eigenvalue weighted by Gasteiger charge is -2.05. The molecule has 3 rings (SSSR count). The Bertz CT molecular complexity index is 1060. The summed E-state index contributed by atoms with van der Waals surface area (Å²) in [5.74, 6) is -0.662. The molecule has 1 amide bonds. The molecule has 0 radical (unpaired) electrons. The van der Waals surface area contributed by atoms with E-state index in [1.807, 2.05) is 31.2 Å². The van der Waals surface area contributed by atoms with Crippen molar-refractivity contribution in [3.05, 3.63) is 71.0 Å².